The van der Waals surface area contributed by atoms with Crippen molar-refractivity contribution in [2.45, 2.75) is 90.9 Å². The number of hydrogen-bond acceptors (Lipinski definition) is 2. The Labute approximate surface area is 225 Å². The minimum atomic E-state index is 0. The van der Waals surface area contributed by atoms with Gasteiger partial charge >= 0.3 is 22.4 Å². The van der Waals surface area contributed by atoms with Crippen LogP contribution >= 0.6 is 20.1 Å². The molecule has 0 aromatic heterocycles. The van der Waals surface area contributed by atoms with Crippen molar-refractivity contribution >= 4 is 37.1 Å². The fourth-order valence-electron chi connectivity index (χ4n) is 4.81. The summed E-state index contributed by atoms with van der Waals surface area (Å²) in [5.74, 6) is 0. The van der Waals surface area contributed by atoms with E-state index in [1.54, 1.807) is 0 Å². The molecule has 0 atom stereocenters. The number of thiocarbonyl (C=S) groups is 1. The molecular weight excluding hydrogens is 630 g/mol. The molecule has 0 heterocycles. The van der Waals surface area contributed by atoms with E-state index >= 15 is 0 Å². The predicted molar refractivity (Wildman–Crippen MR) is 148 cm³/mol. The van der Waals surface area contributed by atoms with Gasteiger partial charge < -0.3 is 29.7 Å². The van der Waals surface area contributed by atoms with Crippen LogP contribution in [0.25, 0.3) is 0 Å². The van der Waals surface area contributed by atoms with Crippen LogP contribution in [0.1, 0.15) is 73.4 Å². The standard InChI is InChI=1S/C15H15NS2.C12H27P.Au/c17-15(18)16(11-13-7-3-1-4-8-13)12-14-9-5-2-6-10-14;1-10(2,3)13(11(4,5)6)12(7,8)9;/h1-10H,11-12H2,(H,17,18);1-9H3;/q;;+1/p-1. The van der Waals surface area contributed by atoms with Gasteiger partial charge in [0, 0.05) is 13.1 Å². The second-order valence-corrected chi connectivity index (χ2v) is 16.7. The van der Waals surface area contributed by atoms with Crippen molar-refractivity contribution in [2.24, 2.45) is 0 Å². The number of rotatable bonds is 4. The van der Waals surface area contributed by atoms with Crippen LogP contribution in [0.5, 0.6) is 0 Å². The maximum absolute atomic E-state index is 5.16. The molecule has 0 aliphatic heterocycles. The summed E-state index contributed by atoms with van der Waals surface area (Å²) >= 11 is 10.3. The molecule has 2 aromatic carbocycles. The van der Waals surface area contributed by atoms with E-state index in [1.165, 1.54) is 11.1 Å². The molecule has 0 N–H and O–H groups in total. The topological polar surface area (TPSA) is 3.24 Å². The van der Waals surface area contributed by atoms with E-state index < -0.39 is 0 Å². The minimum absolute atomic E-state index is 0. The van der Waals surface area contributed by atoms with Crippen LogP contribution in [0.15, 0.2) is 60.7 Å². The average Bonchev–Trinajstić information content (AvgIpc) is 2.59. The second kappa shape index (κ2) is 13.6. The van der Waals surface area contributed by atoms with Crippen molar-refractivity contribution in [2.75, 3.05) is 0 Å². The molecule has 0 fully saturated rings. The zero-order valence-corrected chi connectivity index (χ0v) is 25.9. The summed E-state index contributed by atoms with van der Waals surface area (Å²) in [5.41, 5.74) is 2.45. The average molecular weight is 672 g/mol. The van der Waals surface area contributed by atoms with Crippen LogP contribution in [-0.2, 0) is 48.1 Å². The molecule has 0 unspecified atom stereocenters. The van der Waals surface area contributed by atoms with Gasteiger partial charge in [0.2, 0.25) is 0 Å². The molecule has 2 aromatic rings. The van der Waals surface area contributed by atoms with Crippen LogP contribution in [-0.4, -0.2) is 24.7 Å². The van der Waals surface area contributed by atoms with Gasteiger partial charge in [-0.3, -0.25) is 0 Å². The largest absolute Gasteiger partial charge is 1.00 e. The molecule has 0 amide bonds. The Bertz CT molecular complexity index is 716. The van der Waals surface area contributed by atoms with Gasteiger partial charge in [0.1, 0.15) is 0 Å². The Kier molecular flexibility index (Phi) is 13.4. The fraction of sp³-hybridized carbons (Fsp3) is 0.519. The summed E-state index contributed by atoms with van der Waals surface area (Å²) in [6, 6.07) is 20.5. The van der Waals surface area contributed by atoms with Crippen molar-refractivity contribution in [3.63, 3.8) is 0 Å². The van der Waals surface area contributed by atoms with Gasteiger partial charge in [0.15, 0.2) is 0 Å². The monoisotopic (exact) mass is 671 g/mol. The van der Waals surface area contributed by atoms with E-state index in [-0.39, 0.29) is 30.3 Å². The normalized spacial score (nSPS) is 11.8. The zero-order valence-electron chi connectivity index (χ0n) is 21.2. The van der Waals surface area contributed by atoms with Gasteiger partial charge in [-0.25, -0.2) is 0 Å². The van der Waals surface area contributed by atoms with Crippen LogP contribution < -0.4 is 0 Å². The molecule has 32 heavy (non-hydrogen) atoms. The first-order chi connectivity index (χ1) is 14.1. The van der Waals surface area contributed by atoms with Crippen LogP contribution in [0, 0.1) is 0 Å². The maximum Gasteiger partial charge on any atom is 1.00 e. The molecule has 0 aliphatic rings. The first-order valence-corrected chi connectivity index (χ1v) is 13.1. The Morgan fingerprint density at radius 1 is 0.688 bits per heavy atom. The molecule has 182 valence electrons. The van der Waals surface area contributed by atoms with Crippen LogP contribution in [0.3, 0.4) is 0 Å². The summed E-state index contributed by atoms with van der Waals surface area (Å²) in [6.45, 7) is 23.0. The molecular formula is C27H41AuNPS2. The van der Waals surface area contributed by atoms with Crippen molar-refractivity contribution in [3.05, 3.63) is 71.8 Å². The van der Waals surface area contributed by atoms with Crippen molar-refractivity contribution < 1.29 is 22.4 Å². The Morgan fingerprint density at radius 2 is 0.969 bits per heavy atom. The zero-order chi connectivity index (χ0) is 23.9. The first-order valence-electron chi connectivity index (χ1n) is 11.0. The molecule has 0 saturated carbocycles. The van der Waals surface area contributed by atoms with Crippen LogP contribution in [0.4, 0.5) is 0 Å². The molecule has 5 heteroatoms. The molecule has 0 saturated heterocycles. The summed E-state index contributed by atoms with van der Waals surface area (Å²) in [4.78, 5) is 2.04. The van der Waals surface area contributed by atoms with Gasteiger partial charge in [-0.15, -0.1) is 0 Å². The quantitative estimate of drug-likeness (QED) is 0.139. The number of hydrogen-bond donors (Lipinski definition) is 0. The maximum atomic E-state index is 5.16. The molecule has 2 rings (SSSR count). The minimum Gasteiger partial charge on any atom is -0.411 e. The molecule has 0 spiro atoms. The van der Waals surface area contributed by atoms with Crippen LogP contribution in [0.2, 0.25) is 0 Å². The number of nitrogens with zero attached hydrogens (tertiary/aromatic N) is 1. The van der Waals surface area contributed by atoms with Crippen molar-refractivity contribution in [3.8, 4) is 0 Å². The fourth-order valence-corrected chi connectivity index (χ4v) is 11.1. The van der Waals surface area contributed by atoms with Crippen molar-refractivity contribution in [1.82, 2.24) is 4.90 Å². The van der Waals surface area contributed by atoms with E-state index in [0.717, 1.165) is 13.1 Å². The van der Waals surface area contributed by atoms with E-state index in [9.17, 15) is 0 Å². The van der Waals surface area contributed by atoms with Gasteiger partial charge in [-0.05, 0) is 26.6 Å². The first kappa shape index (κ1) is 31.7. The Balaban J connectivity index is 0.000000617. The summed E-state index contributed by atoms with van der Waals surface area (Å²) in [7, 11) is 0.0162. The van der Waals surface area contributed by atoms with Crippen molar-refractivity contribution in [1.29, 1.82) is 0 Å². The smallest absolute Gasteiger partial charge is 0.411 e. The SMILES string of the molecule is CC(C)(C)P(C(C)(C)C)C(C)(C)C.S=C([S-])N(Cc1ccccc1)Cc1ccccc1.[Au+]. The summed E-state index contributed by atoms with van der Waals surface area (Å²) in [5, 5.41) is 1.35. The second-order valence-electron chi connectivity index (χ2n) is 10.9. The van der Waals surface area contributed by atoms with E-state index in [1.807, 2.05) is 41.3 Å². The van der Waals surface area contributed by atoms with E-state index in [2.05, 4.69) is 86.6 Å². The van der Waals surface area contributed by atoms with Gasteiger partial charge in [0.25, 0.3) is 0 Å². The van der Waals surface area contributed by atoms with Gasteiger partial charge in [-0.2, -0.15) is 0 Å². The Hall–Kier alpha value is -0.280. The molecule has 0 aliphatic carbocycles. The third-order valence-corrected chi connectivity index (χ3v) is 9.24. The third kappa shape index (κ3) is 11.7. The predicted octanol–water partition coefficient (Wildman–Crippen LogP) is 8.38. The van der Waals surface area contributed by atoms with Gasteiger partial charge in [0.05, 0.1) is 0 Å². The van der Waals surface area contributed by atoms with Gasteiger partial charge in [-0.1, -0.05) is 135 Å². The summed E-state index contributed by atoms with van der Waals surface area (Å²) < 4.78 is 0.516. The molecule has 1 nitrogen and oxygen atoms in total. The Morgan fingerprint density at radius 3 is 1.16 bits per heavy atom. The molecule has 0 radical (unpaired) electrons. The summed E-state index contributed by atoms with van der Waals surface area (Å²) in [6.07, 6.45) is 0. The van der Waals surface area contributed by atoms with E-state index in [4.69, 9.17) is 24.8 Å². The number of benzene rings is 2. The molecule has 0 bridgehead atoms. The third-order valence-electron chi connectivity index (χ3n) is 4.70. The van der Waals surface area contributed by atoms with E-state index in [0.29, 0.717) is 19.8 Å².